The van der Waals surface area contributed by atoms with Gasteiger partial charge in [0.25, 0.3) is 0 Å². The largest absolute Gasteiger partial charge is 0.303 e. The van der Waals surface area contributed by atoms with Gasteiger partial charge in [-0.3, -0.25) is 0 Å². The second-order valence-corrected chi connectivity index (χ2v) is 9.02. The molecule has 0 radical (unpaired) electrons. The maximum Gasteiger partial charge on any atom is 0.127 e. The van der Waals surface area contributed by atoms with Crippen LogP contribution in [-0.2, 0) is 9.59 Å². The summed E-state index contributed by atoms with van der Waals surface area (Å²) >= 11 is 0. The molecule has 0 aliphatic rings. The molecule has 0 aromatic heterocycles. The third-order valence-corrected chi connectivity index (χ3v) is 5.33. The number of aldehydes is 2. The van der Waals surface area contributed by atoms with Crippen LogP contribution >= 0.6 is 0 Å². The maximum absolute atomic E-state index is 12.1. The minimum atomic E-state index is -0.342. The Morgan fingerprint density at radius 2 is 1.31 bits per heavy atom. The van der Waals surface area contributed by atoms with Crippen molar-refractivity contribution in [2.24, 2.45) is 16.7 Å². The van der Waals surface area contributed by atoms with Crippen LogP contribution in [0.15, 0.2) is 25.3 Å². The Hall–Kier alpha value is -1.18. The van der Waals surface area contributed by atoms with E-state index < -0.39 is 0 Å². The fraction of sp³-hybridized carbons (Fsp3) is 0.750. The molecular weight excluding hydrogens is 320 g/mol. The highest BCUT2D eigenvalue weighted by atomic mass is 16.1. The van der Waals surface area contributed by atoms with Crippen molar-refractivity contribution in [1.29, 1.82) is 0 Å². The number of hydrogen-bond acceptors (Lipinski definition) is 2. The highest BCUT2D eigenvalue weighted by Gasteiger charge is 2.38. The molecule has 0 heterocycles. The van der Waals surface area contributed by atoms with Crippen LogP contribution in [0.25, 0.3) is 0 Å². The van der Waals surface area contributed by atoms with Crippen molar-refractivity contribution < 1.29 is 9.59 Å². The predicted octanol–water partition coefficient (Wildman–Crippen LogP) is 7.09. The number of unbranched alkanes of at least 4 members (excludes halogenated alkanes) is 7. The summed E-state index contributed by atoms with van der Waals surface area (Å²) in [6, 6.07) is 0. The van der Waals surface area contributed by atoms with Crippen molar-refractivity contribution in [3.05, 3.63) is 25.3 Å². The zero-order chi connectivity index (χ0) is 19.9. The van der Waals surface area contributed by atoms with Crippen LogP contribution in [0.1, 0.15) is 97.8 Å². The number of allylic oxidation sites excluding steroid dienone is 2. The van der Waals surface area contributed by atoms with Crippen LogP contribution in [0.4, 0.5) is 0 Å². The molecule has 0 saturated carbocycles. The zero-order valence-corrected chi connectivity index (χ0v) is 17.6. The van der Waals surface area contributed by atoms with Crippen LogP contribution in [0, 0.1) is 16.7 Å². The Bertz CT molecular complexity index is 393. The summed E-state index contributed by atoms with van der Waals surface area (Å²) in [6.45, 7) is 14.6. The van der Waals surface area contributed by atoms with Gasteiger partial charge in [-0.15, -0.1) is 13.2 Å². The van der Waals surface area contributed by atoms with Gasteiger partial charge in [-0.2, -0.15) is 0 Å². The highest BCUT2D eigenvalue weighted by molar-refractivity contribution is 5.61. The van der Waals surface area contributed by atoms with Crippen LogP contribution in [0.2, 0.25) is 0 Å². The minimum Gasteiger partial charge on any atom is -0.303 e. The van der Waals surface area contributed by atoms with E-state index in [2.05, 4.69) is 33.9 Å². The molecule has 0 amide bonds. The monoisotopic (exact) mass is 362 g/mol. The number of hydrogen-bond donors (Lipinski definition) is 0. The Balaban J connectivity index is 4.59. The van der Waals surface area contributed by atoms with Gasteiger partial charge in [0.1, 0.15) is 12.6 Å². The van der Waals surface area contributed by atoms with E-state index in [0.29, 0.717) is 12.3 Å². The molecule has 1 atom stereocenters. The standard InChI is InChI=1S/C24H42O2/c1-6-17-24(21-26,18-7-2)22(20-23(3,4)5)16-14-12-10-8-9-11-13-15-19-25/h6-7,19,21-22H,1-2,8-18,20H2,3-5H3. The summed E-state index contributed by atoms with van der Waals surface area (Å²) in [5, 5.41) is 0. The third kappa shape index (κ3) is 10.7. The molecule has 0 saturated heterocycles. The lowest BCUT2D eigenvalue weighted by atomic mass is 9.64. The Labute approximate surface area is 162 Å². The van der Waals surface area contributed by atoms with Crippen molar-refractivity contribution >= 4 is 12.6 Å². The van der Waals surface area contributed by atoms with Crippen LogP contribution in [-0.4, -0.2) is 12.6 Å². The van der Waals surface area contributed by atoms with Gasteiger partial charge in [-0.1, -0.05) is 71.4 Å². The lowest BCUT2D eigenvalue weighted by molar-refractivity contribution is -0.119. The first-order valence-electron chi connectivity index (χ1n) is 10.5. The van der Waals surface area contributed by atoms with Crippen LogP contribution in [0.3, 0.4) is 0 Å². The minimum absolute atomic E-state index is 0.208. The zero-order valence-electron chi connectivity index (χ0n) is 17.6. The summed E-state index contributed by atoms with van der Waals surface area (Å²) < 4.78 is 0. The van der Waals surface area contributed by atoms with Crippen molar-refractivity contribution in [1.82, 2.24) is 0 Å². The third-order valence-electron chi connectivity index (χ3n) is 5.33. The van der Waals surface area contributed by atoms with Crippen molar-refractivity contribution in [2.45, 2.75) is 97.8 Å². The van der Waals surface area contributed by atoms with Gasteiger partial charge >= 0.3 is 0 Å². The first-order valence-corrected chi connectivity index (χ1v) is 10.5. The average Bonchev–Trinajstić information content (AvgIpc) is 2.58. The second-order valence-electron chi connectivity index (χ2n) is 9.02. The molecule has 0 rings (SSSR count). The maximum atomic E-state index is 12.1. The van der Waals surface area contributed by atoms with Crippen LogP contribution in [0.5, 0.6) is 0 Å². The SMILES string of the molecule is C=CCC(C=O)(CC=C)C(CCCCCCCCCC=O)CC(C)(C)C. The Morgan fingerprint density at radius 3 is 1.73 bits per heavy atom. The average molecular weight is 363 g/mol. The molecule has 1 unspecified atom stereocenters. The summed E-state index contributed by atoms with van der Waals surface area (Å²) in [6.07, 6.45) is 18.6. The van der Waals surface area contributed by atoms with Gasteiger partial charge in [0.2, 0.25) is 0 Å². The molecule has 2 heteroatoms. The second kappa shape index (κ2) is 13.9. The molecule has 0 aliphatic heterocycles. The highest BCUT2D eigenvalue weighted by Crippen LogP contribution is 2.43. The lowest BCUT2D eigenvalue weighted by Crippen LogP contribution is -2.34. The number of rotatable bonds is 17. The van der Waals surface area contributed by atoms with Gasteiger partial charge in [0, 0.05) is 11.8 Å². The Kier molecular flexibility index (Phi) is 13.3. The van der Waals surface area contributed by atoms with E-state index in [4.69, 9.17) is 0 Å². The van der Waals surface area contributed by atoms with E-state index in [9.17, 15) is 9.59 Å². The van der Waals surface area contributed by atoms with E-state index in [0.717, 1.165) is 44.8 Å². The normalized spacial score (nSPS) is 13.2. The molecule has 0 aromatic carbocycles. The first-order chi connectivity index (χ1) is 12.3. The quantitative estimate of drug-likeness (QED) is 0.157. The Morgan fingerprint density at radius 1 is 0.808 bits per heavy atom. The van der Waals surface area contributed by atoms with Gasteiger partial charge in [0.05, 0.1) is 0 Å². The van der Waals surface area contributed by atoms with E-state index in [1.54, 1.807) is 0 Å². The van der Waals surface area contributed by atoms with Crippen molar-refractivity contribution in [3.63, 3.8) is 0 Å². The van der Waals surface area contributed by atoms with Gasteiger partial charge in [-0.05, 0) is 43.4 Å². The van der Waals surface area contributed by atoms with Crippen LogP contribution < -0.4 is 0 Å². The van der Waals surface area contributed by atoms with E-state index in [-0.39, 0.29) is 10.8 Å². The molecule has 150 valence electrons. The van der Waals surface area contributed by atoms with Gasteiger partial charge < -0.3 is 9.59 Å². The van der Waals surface area contributed by atoms with E-state index >= 15 is 0 Å². The topological polar surface area (TPSA) is 34.1 Å². The summed E-state index contributed by atoms with van der Waals surface area (Å²) in [5.41, 5.74) is -0.133. The fourth-order valence-corrected chi connectivity index (χ4v) is 3.98. The molecule has 0 spiro atoms. The predicted molar refractivity (Wildman–Crippen MR) is 113 cm³/mol. The molecule has 0 bridgehead atoms. The van der Waals surface area contributed by atoms with Crippen molar-refractivity contribution in [3.8, 4) is 0 Å². The van der Waals surface area contributed by atoms with Crippen molar-refractivity contribution in [2.75, 3.05) is 0 Å². The summed E-state index contributed by atoms with van der Waals surface area (Å²) in [7, 11) is 0. The number of carbonyl (C=O) groups is 2. The lowest BCUT2D eigenvalue weighted by Gasteiger charge is -2.39. The molecular formula is C24H42O2. The first kappa shape index (κ1) is 24.8. The summed E-state index contributed by atoms with van der Waals surface area (Å²) in [4.78, 5) is 22.4. The van der Waals surface area contributed by atoms with E-state index in [1.807, 2.05) is 12.2 Å². The van der Waals surface area contributed by atoms with E-state index in [1.165, 1.54) is 38.4 Å². The molecule has 0 N–H and O–H groups in total. The smallest absolute Gasteiger partial charge is 0.127 e. The summed E-state index contributed by atoms with van der Waals surface area (Å²) in [5.74, 6) is 0.378. The molecule has 2 nitrogen and oxygen atoms in total. The van der Waals surface area contributed by atoms with Gasteiger partial charge in [0.15, 0.2) is 0 Å². The molecule has 0 fully saturated rings. The molecule has 0 aliphatic carbocycles. The van der Waals surface area contributed by atoms with Gasteiger partial charge in [-0.25, -0.2) is 0 Å². The fourth-order valence-electron chi connectivity index (χ4n) is 3.98. The molecule has 0 aromatic rings. The number of carbonyl (C=O) groups excluding carboxylic acids is 2. The molecule has 26 heavy (non-hydrogen) atoms.